The first kappa shape index (κ1) is 10.4. The summed E-state index contributed by atoms with van der Waals surface area (Å²) in [4.78, 5) is 20.6. The minimum atomic E-state index is -1.24. The highest BCUT2D eigenvalue weighted by atomic mass is 35.5. The number of hydrogen-bond donors (Lipinski definition) is 1. The van der Waals surface area contributed by atoms with E-state index in [1.165, 1.54) is 18.2 Å². The largest absolute Gasteiger partial charge is 0.475 e. The van der Waals surface area contributed by atoms with Crippen LogP contribution in [-0.4, -0.2) is 16.0 Å². The summed E-state index contributed by atoms with van der Waals surface area (Å²) in [6.45, 7) is 0. The van der Waals surface area contributed by atoms with Crippen LogP contribution in [-0.2, 0) is 0 Å². The van der Waals surface area contributed by atoms with E-state index in [0.29, 0.717) is 5.39 Å². The number of furan rings is 1. The van der Waals surface area contributed by atoms with E-state index in [0.717, 1.165) is 0 Å². The van der Waals surface area contributed by atoms with Gasteiger partial charge in [0, 0.05) is 17.5 Å². The fourth-order valence-electron chi connectivity index (χ4n) is 1.30. The molecule has 1 aromatic carbocycles. The molecule has 0 saturated heterocycles. The van der Waals surface area contributed by atoms with Crippen LogP contribution in [0.25, 0.3) is 11.0 Å². The summed E-state index contributed by atoms with van der Waals surface area (Å²) in [7, 11) is 0. The maximum Gasteiger partial charge on any atom is 0.371 e. The maximum absolute atomic E-state index is 10.6. The minimum Gasteiger partial charge on any atom is -0.475 e. The van der Waals surface area contributed by atoms with Crippen LogP contribution < -0.4 is 0 Å². The first-order valence-electron chi connectivity index (χ1n) is 4.10. The van der Waals surface area contributed by atoms with Crippen molar-refractivity contribution in [2.24, 2.45) is 0 Å². The van der Waals surface area contributed by atoms with E-state index < -0.39 is 10.9 Å². The Kier molecular flexibility index (Phi) is 2.28. The van der Waals surface area contributed by atoms with Crippen molar-refractivity contribution < 1.29 is 19.2 Å². The Labute approximate surface area is 93.2 Å². The zero-order valence-electron chi connectivity index (χ0n) is 7.64. The number of fused-ring (bicyclic) bond motifs is 1. The molecule has 0 aliphatic carbocycles. The number of nitro benzene ring substituents is 1. The molecule has 0 spiro atoms. The zero-order chi connectivity index (χ0) is 11.9. The third-order valence-electron chi connectivity index (χ3n) is 1.99. The summed E-state index contributed by atoms with van der Waals surface area (Å²) in [6, 6.07) is 3.61. The van der Waals surface area contributed by atoms with E-state index in [2.05, 4.69) is 0 Å². The van der Waals surface area contributed by atoms with Crippen molar-refractivity contribution >= 4 is 34.2 Å². The van der Waals surface area contributed by atoms with E-state index in [4.69, 9.17) is 21.1 Å². The number of benzene rings is 1. The van der Waals surface area contributed by atoms with Gasteiger partial charge in [0.25, 0.3) is 5.69 Å². The summed E-state index contributed by atoms with van der Waals surface area (Å²) in [5.41, 5.74) is -0.0834. The molecular weight excluding hydrogens is 238 g/mol. The van der Waals surface area contributed by atoms with Gasteiger partial charge in [0.1, 0.15) is 10.6 Å². The molecule has 0 unspecified atom stereocenters. The third kappa shape index (κ3) is 1.59. The van der Waals surface area contributed by atoms with Gasteiger partial charge in [0.05, 0.1) is 4.92 Å². The smallest absolute Gasteiger partial charge is 0.371 e. The second-order valence-corrected chi connectivity index (χ2v) is 3.42. The zero-order valence-corrected chi connectivity index (χ0v) is 8.39. The molecule has 0 aliphatic heterocycles. The first-order chi connectivity index (χ1) is 7.49. The lowest BCUT2D eigenvalue weighted by molar-refractivity contribution is -0.384. The molecule has 0 radical (unpaired) electrons. The number of halogens is 1. The number of rotatable bonds is 2. The molecule has 0 aliphatic rings. The number of hydrogen-bond acceptors (Lipinski definition) is 4. The van der Waals surface area contributed by atoms with Crippen LogP contribution in [0.4, 0.5) is 5.69 Å². The molecule has 0 fully saturated rings. The molecule has 7 heteroatoms. The van der Waals surface area contributed by atoms with Crippen LogP contribution >= 0.6 is 11.6 Å². The SMILES string of the molecule is O=C(O)c1cc2cc([N+](=O)[O-])c(Cl)cc2o1. The molecule has 0 atom stereocenters. The summed E-state index contributed by atoms with van der Waals surface area (Å²) in [6.07, 6.45) is 0. The van der Waals surface area contributed by atoms with E-state index in [1.54, 1.807) is 0 Å². The minimum absolute atomic E-state index is 0.0937. The second-order valence-electron chi connectivity index (χ2n) is 3.01. The quantitative estimate of drug-likeness (QED) is 0.644. The average Bonchev–Trinajstić information content (AvgIpc) is 2.58. The predicted molar refractivity (Wildman–Crippen MR) is 54.8 cm³/mol. The van der Waals surface area contributed by atoms with Gasteiger partial charge in [-0.25, -0.2) is 4.79 Å². The predicted octanol–water partition coefficient (Wildman–Crippen LogP) is 2.69. The Balaban J connectivity index is 2.70. The lowest BCUT2D eigenvalue weighted by atomic mass is 10.2. The Morgan fingerprint density at radius 3 is 2.69 bits per heavy atom. The molecule has 1 N–H and O–H groups in total. The molecule has 0 saturated carbocycles. The summed E-state index contributed by atoms with van der Waals surface area (Å²) in [5, 5.41) is 19.5. The summed E-state index contributed by atoms with van der Waals surface area (Å²) >= 11 is 5.64. The van der Waals surface area contributed by atoms with E-state index in [1.807, 2.05) is 0 Å². The molecule has 2 aromatic rings. The molecule has 0 amide bonds. The van der Waals surface area contributed by atoms with Crippen LogP contribution in [0.15, 0.2) is 22.6 Å². The Morgan fingerprint density at radius 1 is 1.44 bits per heavy atom. The topological polar surface area (TPSA) is 93.6 Å². The van der Waals surface area contributed by atoms with Gasteiger partial charge in [-0.2, -0.15) is 0 Å². The van der Waals surface area contributed by atoms with Crippen molar-refractivity contribution in [1.82, 2.24) is 0 Å². The molecule has 1 heterocycles. The Bertz CT molecular complexity index is 603. The van der Waals surface area contributed by atoms with Gasteiger partial charge in [-0.3, -0.25) is 10.1 Å². The third-order valence-corrected chi connectivity index (χ3v) is 2.30. The molecule has 2 rings (SSSR count). The highest BCUT2D eigenvalue weighted by Crippen LogP contribution is 2.31. The lowest BCUT2D eigenvalue weighted by Crippen LogP contribution is -1.91. The maximum atomic E-state index is 10.6. The van der Waals surface area contributed by atoms with E-state index in [9.17, 15) is 14.9 Å². The van der Waals surface area contributed by atoms with E-state index >= 15 is 0 Å². The van der Waals surface area contributed by atoms with Crippen LogP contribution in [0.1, 0.15) is 10.6 Å². The van der Waals surface area contributed by atoms with Crippen LogP contribution in [0, 0.1) is 10.1 Å². The van der Waals surface area contributed by atoms with Gasteiger partial charge < -0.3 is 9.52 Å². The van der Waals surface area contributed by atoms with Crippen molar-refractivity contribution in [2.75, 3.05) is 0 Å². The molecule has 0 bridgehead atoms. The number of aromatic carboxylic acids is 1. The number of carbonyl (C=O) groups is 1. The van der Waals surface area contributed by atoms with E-state index in [-0.39, 0.29) is 22.1 Å². The van der Waals surface area contributed by atoms with Gasteiger partial charge >= 0.3 is 5.97 Å². The van der Waals surface area contributed by atoms with Gasteiger partial charge in [-0.05, 0) is 6.07 Å². The van der Waals surface area contributed by atoms with Crippen molar-refractivity contribution in [3.8, 4) is 0 Å². The van der Waals surface area contributed by atoms with Crippen molar-refractivity contribution in [3.63, 3.8) is 0 Å². The molecule has 82 valence electrons. The van der Waals surface area contributed by atoms with Crippen LogP contribution in [0.2, 0.25) is 5.02 Å². The highest BCUT2D eigenvalue weighted by Gasteiger charge is 2.17. The summed E-state index contributed by atoms with van der Waals surface area (Å²) < 4.78 is 4.94. The first-order valence-corrected chi connectivity index (χ1v) is 4.47. The number of carboxylic acids is 1. The number of carboxylic acid groups (broad SMARTS) is 1. The van der Waals surface area contributed by atoms with Gasteiger partial charge in [-0.1, -0.05) is 11.6 Å². The average molecular weight is 242 g/mol. The fraction of sp³-hybridized carbons (Fsp3) is 0. The number of nitro groups is 1. The van der Waals surface area contributed by atoms with Crippen molar-refractivity contribution in [1.29, 1.82) is 0 Å². The summed E-state index contributed by atoms with van der Waals surface area (Å²) in [5.74, 6) is -1.53. The Hall–Kier alpha value is -2.08. The van der Waals surface area contributed by atoms with Gasteiger partial charge in [0.2, 0.25) is 5.76 Å². The normalized spacial score (nSPS) is 10.6. The number of nitrogens with zero attached hydrogens (tertiary/aromatic N) is 1. The van der Waals surface area contributed by atoms with Crippen LogP contribution in [0.3, 0.4) is 0 Å². The molecule has 6 nitrogen and oxygen atoms in total. The van der Waals surface area contributed by atoms with Crippen LogP contribution in [0.5, 0.6) is 0 Å². The van der Waals surface area contributed by atoms with Crippen molar-refractivity contribution in [3.05, 3.63) is 39.1 Å². The second kappa shape index (κ2) is 3.49. The fourth-order valence-corrected chi connectivity index (χ4v) is 1.52. The monoisotopic (exact) mass is 241 g/mol. The van der Waals surface area contributed by atoms with Crippen molar-refractivity contribution in [2.45, 2.75) is 0 Å². The molecule has 16 heavy (non-hydrogen) atoms. The standard InChI is InChI=1S/C9H4ClNO5/c10-5-3-7-4(1-6(5)11(14)15)2-8(16-7)9(12)13/h1-3H,(H,12,13). The van der Waals surface area contributed by atoms with Gasteiger partial charge in [-0.15, -0.1) is 0 Å². The molecular formula is C9H4ClNO5. The molecule has 1 aromatic heterocycles. The van der Waals surface area contributed by atoms with Gasteiger partial charge in [0.15, 0.2) is 0 Å². The Morgan fingerprint density at radius 2 is 2.12 bits per heavy atom. The highest BCUT2D eigenvalue weighted by molar-refractivity contribution is 6.33. The lowest BCUT2D eigenvalue weighted by Gasteiger charge is -1.93.